The van der Waals surface area contributed by atoms with Gasteiger partial charge < -0.3 is 4.98 Å². The summed E-state index contributed by atoms with van der Waals surface area (Å²) in [5.41, 5.74) is 4.47. The number of hydrogen-bond acceptors (Lipinski definition) is 3. The Balaban J connectivity index is 1.50. The molecule has 4 heterocycles. The van der Waals surface area contributed by atoms with Gasteiger partial charge in [0.25, 0.3) is 0 Å². The number of aromatic nitrogens is 1. The molecule has 3 aliphatic rings. The molecule has 2 saturated heterocycles. The smallest absolute Gasteiger partial charge is 0.0532 e. The molecule has 1 aromatic heterocycles. The molecule has 116 valence electrons. The molecule has 0 saturated carbocycles. The first-order chi connectivity index (χ1) is 10.9. The highest BCUT2D eigenvalue weighted by atomic mass is 32.2. The quantitative estimate of drug-likeness (QED) is 0.842. The van der Waals surface area contributed by atoms with Gasteiger partial charge in [-0.25, -0.2) is 0 Å². The monoisotopic (exact) mass is 330 g/mol. The van der Waals surface area contributed by atoms with Crippen molar-refractivity contribution in [2.24, 2.45) is 5.92 Å². The number of nitrogens with zero attached hydrogens (tertiary/aromatic N) is 1. The molecule has 0 aliphatic carbocycles. The molecule has 22 heavy (non-hydrogen) atoms. The Morgan fingerprint density at radius 3 is 2.86 bits per heavy atom. The summed E-state index contributed by atoms with van der Waals surface area (Å²) in [5.74, 6) is 3.62. The normalized spacial score (nSPS) is 29.6. The Hall–Kier alpha value is -0.580. The van der Waals surface area contributed by atoms with Crippen LogP contribution in [0, 0.1) is 5.92 Å². The van der Waals surface area contributed by atoms with Gasteiger partial charge in [0.2, 0.25) is 0 Å². The Labute approximate surface area is 140 Å². The molecule has 0 amide bonds. The van der Waals surface area contributed by atoms with E-state index in [9.17, 15) is 0 Å². The van der Waals surface area contributed by atoms with Crippen LogP contribution >= 0.6 is 23.5 Å². The molecule has 2 aromatic rings. The molecule has 2 fully saturated rings. The van der Waals surface area contributed by atoms with Gasteiger partial charge in [-0.05, 0) is 43.4 Å². The van der Waals surface area contributed by atoms with Crippen LogP contribution in [-0.2, 0) is 6.42 Å². The molecular formula is C18H22N2S2. The number of rotatable bonds is 1. The third-order valence-corrected chi connectivity index (χ3v) is 9.00. The molecule has 0 radical (unpaired) electrons. The van der Waals surface area contributed by atoms with Gasteiger partial charge >= 0.3 is 0 Å². The van der Waals surface area contributed by atoms with Crippen molar-refractivity contribution < 1.29 is 0 Å². The second-order valence-electron chi connectivity index (χ2n) is 6.76. The molecule has 3 aliphatic heterocycles. The number of fused-ring (bicyclic) bond motifs is 5. The van der Waals surface area contributed by atoms with Crippen LogP contribution in [0.2, 0.25) is 0 Å². The fourth-order valence-corrected chi connectivity index (χ4v) is 7.77. The average Bonchev–Trinajstić information content (AvgIpc) is 3.22. The van der Waals surface area contributed by atoms with E-state index in [1.165, 1.54) is 60.5 Å². The highest BCUT2D eigenvalue weighted by molar-refractivity contribution is 8.20. The van der Waals surface area contributed by atoms with Gasteiger partial charge in [0.1, 0.15) is 0 Å². The number of hydrogen-bond donors (Lipinski definition) is 1. The molecular weight excluding hydrogens is 308 g/mol. The minimum Gasteiger partial charge on any atom is -0.357 e. The summed E-state index contributed by atoms with van der Waals surface area (Å²) in [6.07, 6.45) is 3.97. The lowest BCUT2D eigenvalue weighted by Gasteiger charge is -2.43. The average molecular weight is 331 g/mol. The zero-order valence-corrected chi connectivity index (χ0v) is 14.4. The van der Waals surface area contributed by atoms with Crippen LogP contribution < -0.4 is 0 Å². The number of benzene rings is 1. The van der Waals surface area contributed by atoms with E-state index < -0.39 is 0 Å². The Morgan fingerprint density at radius 1 is 1.09 bits per heavy atom. The van der Waals surface area contributed by atoms with E-state index >= 15 is 0 Å². The van der Waals surface area contributed by atoms with E-state index in [4.69, 9.17) is 0 Å². The summed E-state index contributed by atoms with van der Waals surface area (Å²) >= 11 is 4.42. The van der Waals surface area contributed by atoms with Crippen molar-refractivity contribution in [3.8, 4) is 0 Å². The Kier molecular flexibility index (Phi) is 3.46. The molecule has 1 aromatic carbocycles. The van der Waals surface area contributed by atoms with Crippen LogP contribution in [0.1, 0.15) is 30.1 Å². The van der Waals surface area contributed by atoms with Crippen LogP contribution in [0.3, 0.4) is 0 Å². The lowest BCUT2D eigenvalue weighted by atomic mass is 9.85. The molecule has 0 bridgehead atoms. The third kappa shape index (κ3) is 2.15. The van der Waals surface area contributed by atoms with Crippen molar-refractivity contribution in [2.45, 2.75) is 29.9 Å². The zero-order valence-electron chi connectivity index (χ0n) is 12.8. The van der Waals surface area contributed by atoms with E-state index in [0.717, 1.165) is 10.5 Å². The maximum atomic E-state index is 3.77. The summed E-state index contributed by atoms with van der Waals surface area (Å²) in [5, 5.41) is 1.46. The summed E-state index contributed by atoms with van der Waals surface area (Å²) in [4.78, 5) is 6.51. The number of piperidine rings is 1. The number of aromatic amines is 1. The highest BCUT2D eigenvalue weighted by Gasteiger charge is 2.38. The molecule has 2 atom stereocenters. The topological polar surface area (TPSA) is 19.0 Å². The lowest BCUT2D eigenvalue weighted by molar-refractivity contribution is 0.106. The van der Waals surface area contributed by atoms with Gasteiger partial charge in [-0.15, -0.1) is 23.5 Å². The van der Waals surface area contributed by atoms with E-state index in [1.54, 1.807) is 5.56 Å². The van der Waals surface area contributed by atoms with Crippen molar-refractivity contribution in [2.75, 3.05) is 24.6 Å². The maximum absolute atomic E-state index is 3.77. The van der Waals surface area contributed by atoms with E-state index in [-0.39, 0.29) is 0 Å². The Bertz CT molecular complexity index is 689. The van der Waals surface area contributed by atoms with Gasteiger partial charge in [-0.3, -0.25) is 4.90 Å². The summed E-state index contributed by atoms with van der Waals surface area (Å²) in [6, 6.07) is 9.50. The summed E-state index contributed by atoms with van der Waals surface area (Å²) in [7, 11) is 0. The van der Waals surface area contributed by atoms with Crippen LogP contribution in [0.4, 0.5) is 0 Å². The minimum absolute atomic E-state index is 0.636. The number of thioether (sulfide) groups is 2. The maximum Gasteiger partial charge on any atom is 0.0532 e. The van der Waals surface area contributed by atoms with Gasteiger partial charge in [0.05, 0.1) is 10.6 Å². The molecule has 0 unspecified atom stereocenters. The SMILES string of the molecule is c1ccc2c3c([nH]c2c1)[C@@H]1C[C@@H](C2SCCS2)CCN1CC3. The van der Waals surface area contributed by atoms with Crippen molar-refractivity contribution in [3.05, 3.63) is 35.5 Å². The second kappa shape index (κ2) is 5.50. The fraction of sp³-hybridized carbons (Fsp3) is 0.556. The van der Waals surface area contributed by atoms with Crippen LogP contribution in [0.5, 0.6) is 0 Å². The van der Waals surface area contributed by atoms with E-state index in [1.807, 2.05) is 0 Å². The number of H-pyrrole nitrogens is 1. The third-order valence-electron chi connectivity index (χ3n) is 5.62. The molecule has 4 heteroatoms. The van der Waals surface area contributed by atoms with Gasteiger partial charge in [0, 0.05) is 34.6 Å². The van der Waals surface area contributed by atoms with Crippen LogP contribution in [0.25, 0.3) is 10.9 Å². The largest absolute Gasteiger partial charge is 0.357 e. The minimum atomic E-state index is 0.636. The molecule has 5 rings (SSSR count). The zero-order chi connectivity index (χ0) is 14.5. The standard InChI is InChI=1S/C18H22N2S2/c1-2-4-15-13(3-1)14-6-8-20-7-5-12(18-21-9-10-22-18)11-16(20)17(14)19-15/h1-4,12,16,18-19H,5-11H2/t12-,16-/m0/s1. The highest BCUT2D eigenvalue weighted by Crippen LogP contribution is 2.47. The first-order valence-electron chi connectivity index (χ1n) is 8.47. The predicted molar refractivity (Wildman–Crippen MR) is 97.7 cm³/mol. The predicted octanol–water partition coefficient (Wildman–Crippen LogP) is 4.28. The molecule has 1 N–H and O–H groups in total. The lowest BCUT2D eigenvalue weighted by Crippen LogP contribution is -2.42. The van der Waals surface area contributed by atoms with Crippen molar-refractivity contribution in [3.63, 3.8) is 0 Å². The number of para-hydroxylation sites is 1. The van der Waals surface area contributed by atoms with Crippen LogP contribution in [-0.4, -0.2) is 39.1 Å². The molecule has 0 spiro atoms. The van der Waals surface area contributed by atoms with Crippen molar-refractivity contribution >= 4 is 34.4 Å². The summed E-state index contributed by atoms with van der Waals surface area (Å²) in [6.45, 7) is 2.54. The number of nitrogens with one attached hydrogen (secondary N) is 1. The first kappa shape index (κ1) is 13.8. The van der Waals surface area contributed by atoms with Crippen LogP contribution in [0.15, 0.2) is 24.3 Å². The van der Waals surface area contributed by atoms with E-state index in [0.29, 0.717) is 6.04 Å². The fourth-order valence-electron chi connectivity index (χ4n) is 4.54. The second-order valence-corrected chi connectivity index (χ2v) is 9.56. The Morgan fingerprint density at radius 2 is 1.95 bits per heavy atom. The van der Waals surface area contributed by atoms with Gasteiger partial charge in [-0.1, -0.05) is 18.2 Å². The van der Waals surface area contributed by atoms with Crippen molar-refractivity contribution in [1.29, 1.82) is 0 Å². The first-order valence-corrected chi connectivity index (χ1v) is 10.6. The van der Waals surface area contributed by atoms with Gasteiger partial charge in [-0.2, -0.15) is 0 Å². The summed E-state index contributed by atoms with van der Waals surface area (Å²) < 4.78 is 0.858. The van der Waals surface area contributed by atoms with Gasteiger partial charge in [0.15, 0.2) is 0 Å². The van der Waals surface area contributed by atoms with Crippen molar-refractivity contribution in [1.82, 2.24) is 9.88 Å². The molecule has 2 nitrogen and oxygen atoms in total. The van der Waals surface area contributed by atoms with E-state index in [2.05, 4.69) is 57.7 Å².